The average molecular weight is 313 g/mol. The SMILES string of the molecule is CCCCCCCCCCCCCCCC(CCO)C(C)C. The van der Waals surface area contributed by atoms with E-state index >= 15 is 0 Å². The summed E-state index contributed by atoms with van der Waals surface area (Å²) in [6, 6.07) is 0. The van der Waals surface area contributed by atoms with E-state index in [9.17, 15) is 0 Å². The van der Waals surface area contributed by atoms with Crippen LogP contribution >= 0.6 is 0 Å². The number of hydrogen-bond donors (Lipinski definition) is 1. The fourth-order valence-corrected chi connectivity index (χ4v) is 3.40. The van der Waals surface area contributed by atoms with Crippen LogP contribution in [0, 0.1) is 11.8 Å². The minimum absolute atomic E-state index is 0.362. The highest BCUT2D eigenvalue weighted by molar-refractivity contribution is 4.63. The second-order valence-corrected chi connectivity index (χ2v) is 7.55. The van der Waals surface area contributed by atoms with E-state index < -0.39 is 0 Å². The first kappa shape index (κ1) is 22.0. The number of aliphatic hydroxyl groups is 1. The van der Waals surface area contributed by atoms with Gasteiger partial charge in [0.05, 0.1) is 0 Å². The summed E-state index contributed by atoms with van der Waals surface area (Å²) in [5.41, 5.74) is 0. The summed E-state index contributed by atoms with van der Waals surface area (Å²) in [5, 5.41) is 9.09. The Morgan fingerprint density at radius 2 is 1.00 bits per heavy atom. The van der Waals surface area contributed by atoms with Crippen molar-refractivity contribution in [1.82, 2.24) is 0 Å². The largest absolute Gasteiger partial charge is 0.396 e. The maximum Gasteiger partial charge on any atom is 0.0433 e. The van der Waals surface area contributed by atoms with Gasteiger partial charge in [-0.25, -0.2) is 0 Å². The monoisotopic (exact) mass is 312 g/mol. The summed E-state index contributed by atoms with van der Waals surface area (Å²) in [5.74, 6) is 1.46. The zero-order valence-corrected chi connectivity index (χ0v) is 15.9. The first-order valence-electron chi connectivity index (χ1n) is 10.3. The normalized spacial score (nSPS) is 13.0. The van der Waals surface area contributed by atoms with E-state index in [4.69, 9.17) is 5.11 Å². The highest BCUT2D eigenvalue weighted by Crippen LogP contribution is 2.22. The van der Waals surface area contributed by atoms with Crippen molar-refractivity contribution in [2.75, 3.05) is 6.61 Å². The molecule has 0 aromatic carbocycles. The third-order valence-electron chi connectivity index (χ3n) is 5.12. The van der Waals surface area contributed by atoms with E-state index in [0.717, 1.165) is 18.3 Å². The molecule has 0 aliphatic carbocycles. The van der Waals surface area contributed by atoms with Crippen LogP contribution < -0.4 is 0 Å². The molecule has 1 unspecified atom stereocenters. The van der Waals surface area contributed by atoms with Crippen molar-refractivity contribution < 1.29 is 5.11 Å². The molecule has 22 heavy (non-hydrogen) atoms. The van der Waals surface area contributed by atoms with Crippen LogP contribution in [0.4, 0.5) is 0 Å². The lowest BCUT2D eigenvalue weighted by Gasteiger charge is -2.19. The Labute approximate surface area is 141 Å². The molecule has 0 amide bonds. The Kier molecular flexibility index (Phi) is 17.3. The molecule has 1 atom stereocenters. The quantitative estimate of drug-likeness (QED) is 0.283. The first-order chi connectivity index (χ1) is 10.7. The van der Waals surface area contributed by atoms with Crippen molar-refractivity contribution in [2.45, 2.75) is 117 Å². The minimum Gasteiger partial charge on any atom is -0.396 e. The topological polar surface area (TPSA) is 20.2 Å². The van der Waals surface area contributed by atoms with Crippen molar-refractivity contribution in [3.8, 4) is 0 Å². The molecule has 0 aromatic rings. The molecule has 0 spiro atoms. The molecule has 1 N–H and O–H groups in total. The summed E-state index contributed by atoms with van der Waals surface area (Å²) in [6.07, 6.45) is 20.9. The lowest BCUT2D eigenvalue weighted by molar-refractivity contribution is 0.221. The maximum absolute atomic E-state index is 9.09. The summed E-state index contributed by atoms with van der Waals surface area (Å²) >= 11 is 0. The first-order valence-corrected chi connectivity index (χ1v) is 10.3. The van der Waals surface area contributed by atoms with Gasteiger partial charge in [0, 0.05) is 6.61 Å². The molecule has 0 rings (SSSR count). The van der Waals surface area contributed by atoms with Gasteiger partial charge in [0.2, 0.25) is 0 Å². The zero-order valence-electron chi connectivity index (χ0n) is 15.9. The molecule has 134 valence electrons. The van der Waals surface area contributed by atoms with Crippen LogP contribution in [0.25, 0.3) is 0 Å². The van der Waals surface area contributed by atoms with E-state index in [-0.39, 0.29) is 0 Å². The fourth-order valence-electron chi connectivity index (χ4n) is 3.40. The molecular formula is C21H44O. The summed E-state index contributed by atoms with van der Waals surface area (Å²) in [6.45, 7) is 7.24. The average Bonchev–Trinajstić information content (AvgIpc) is 2.50. The second kappa shape index (κ2) is 17.3. The van der Waals surface area contributed by atoms with E-state index in [1.165, 1.54) is 89.9 Å². The molecule has 0 aliphatic heterocycles. The van der Waals surface area contributed by atoms with Gasteiger partial charge in [-0.05, 0) is 18.3 Å². The number of aliphatic hydroxyl groups excluding tert-OH is 1. The van der Waals surface area contributed by atoms with Crippen LogP contribution in [0.1, 0.15) is 117 Å². The standard InChI is InChI=1S/C21H44O/c1-4-5-6-7-8-9-10-11-12-13-14-15-16-17-21(18-19-22)20(2)3/h20-22H,4-19H2,1-3H3. The van der Waals surface area contributed by atoms with Crippen molar-refractivity contribution in [1.29, 1.82) is 0 Å². The Morgan fingerprint density at radius 3 is 1.36 bits per heavy atom. The fraction of sp³-hybridized carbons (Fsp3) is 1.00. The van der Waals surface area contributed by atoms with Crippen molar-refractivity contribution in [2.24, 2.45) is 11.8 Å². The minimum atomic E-state index is 0.362. The molecule has 1 nitrogen and oxygen atoms in total. The molecule has 0 saturated carbocycles. The molecule has 0 heterocycles. The highest BCUT2D eigenvalue weighted by atomic mass is 16.3. The number of rotatable bonds is 17. The van der Waals surface area contributed by atoms with Gasteiger partial charge in [0.25, 0.3) is 0 Å². The highest BCUT2D eigenvalue weighted by Gasteiger charge is 2.11. The van der Waals surface area contributed by atoms with Gasteiger partial charge in [0.1, 0.15) is 0 Å². The van der Waals surface area contributed by atoms with Gasteiger partial charge >= 0.3 is 0 Å². The third-order valence-corrected chi connectivity index (χ3v) is 5.12. The van der Waals surface area contributed by atoms with Crippen LogP contribution in [-0.4, -0.2) is 11.7 Å². The van der Waals surface area contributed by atoms with Gasteiger partial charge in [-0.3, -0.25) is 0 Å². The number of unbranched alkanes of at least 4 members (excludes halogenated alkanes) is 12. The van der Waals surface area contributed by atoms with Crippen molar-refractivity contribution in [3.63, 3.8) is 0 Å². The predicted octanol–water partition coefficient (Wildman–Crippen LogP) is 7.12. The van der Waals surface area contributed by atoms with Gasteiger partial charge < -0.3 is 5.11 Å². The maximum atomic E-state index is 9.09. The van der Waals surface area contributed by atoms with Gasteiger partial charge in [-0.2, -0.15) is 0 Å². The van der Waals surface area contributed by atoms with Crippen LogP contribution in [0.5, 0.6) is 0 Å². The van der Waals surface area contributed by atoms with E-state index in [1.54, 1.807) is 0 Å². The number of hydrogen-bond acceptors (Lipinski definition) is 1. The Balaban J connectivity index is 3.19. The van der Waals surface area contributed by atoms with Crippen molar-refractivity contribution >= 4 is 0 Å². The molecule has 0 aromatic heterocycles. The molecule has 0 aliphatic rings. The molecule has 1 heteroatoms. The van der Waals surface area contributed by atoms with E-state index in [1.807, 2.05) is 0 Å². The van der Waals surface area contributed by atoms with Crippen LogP contribution in [-0.2, 0) is 0 Å². The van der Waals surface area contributed by atoms with Gasteiger partial charge in [-0.15, -0.1) is 0 Å². The van der Waals surface area contributed by atoms with Crippen LogP contribution in [0.3, 0.4) is 0 Å². The summed E-state index contributed by atoms with van der Waals surface area (Å²) < 4.78 is 0. The third kappa shape index (κ3) is 14.9. The van der Waals surface area contributed by atoms with Crippen LogP contribution in [0.15, 0.2) is 0 Å². The second-order valence-electron chi connectivity index (χ2n) is 7.55. The summed E-state index contributed by atoms with van der Waals surface area (Å²) in [7, 11) is 0. The lowest BCUT2D eigenvalue weighted by Crippen LogP contribution is -2.10. The van der Waals surface area contributed by atoms with Crippen molar-refractivity contribution in [3.05, 3.63) is 0 Å². The van der Waals surface area contributed by atoms with E-state index in [2.05, 4.69) is 20.8 Å². The Hall–Kier alpha value is -0.0400. The smallest absolute Gasteiger partial charge is 0.0433 e. The van der Waals surface area contributed by atoms with Gasteiger partial charge in [-0.1, -0.05) is 111 Å². The molecular weight excluding hydrogens is 268 g/mol. The summed E-state index contributed by atoms with van der Waals surface area (Å²) in [4.78, 5) is 0. The molecule has 0 bridgehead atoms. The van der Waals surface area contributed by atoms with Gasteiger partial charge in [0.15, 0.2) is 0 Å². The Morgan fingerprint density at radius 1 is 0.591 bits per heavy atom. The Bertz CT molecular complexity index is 200. The zero-order chi connectivity index (χ0) is 16.5. The predicted molar refractivity (Wildman–Crippen MR) is 100 cm³/mol. The molecule has 0 saturated heterocycles. The molecule has 0 radical (unpaired) electrons. The lowest BCUT2D eigenvalue weighted by atomic mass is 9.87. The van der Waals surface area contributed by atoms with Crippen LogP contribution in [0.2, 0.25) is 0 Å². The van der Waals surface area contributed by atoms with E-state index in [0.29, 0.717) is 6.61 Å². The molecule has 0 fully saturated rings.